The number of Topliss-reactive ketones (excluding diaryl/α,β-unsaturated/α-hetero) is 1. The molecule has 0 saturated carbocycles. The molecule has 0 aliphatic rings. The Morgan fingerprint density at radius 3 is 2.00 bits per heavy atom. The number of carbonyl (C=O) groups excluding carboxylic acids is 2. The first-order valence-electron chi connectivity index (χ1n) is 11.3. The summed E-state index contributed by atoms with van der Waals surface area (Å²) in [6.07, 6.45) is 0.299. The van der Waals surface area contributed by atoms with Gasteiger partial charge < -0.3 is 19.9 Å². The number of ketones is 1. The Kier molecular flexibility index (Phi) is 8.25. The third-order valence-corrected chi connectivity index (χ3v) is 5.44. The molecule has 1 unspecified atom stereocenters. The Balaban J connectivity index is 1.53. The monoisotopic (exact) mass is 475 g/mol. The predicted octanol–water partition coefficient (Wildman–Crippen LogP) is 4.75. The molecule has 3 aromatic carbocycles. The van der Waals surface area contributed by atoms with Crippen molar-refractivity contribution in [3.8, 4) is 22.6 Å². The van der Waals surface area contributed by atoms with Crippen molar-refractivity contribution in [1.29, 1.82) is 0 Å². The van der Waals surface area contributed by atoms with Crippen LogP contribution in [0.1, 0.15) is 37.6 Å². The fourth-order valence-electron chi connectivity index (χ4n) is 3.30. The van der Waals surface area contributed by atoms with Gasteiger partial charge in [-0.3, -0.25) is 9.59 Å². The van der Waals surface area contributed by atoms with E-state index in [2.05, 4.69) is 5.32 Å². The van der Waals surface area contributed by atoms with Gasteiger partial charge in [0.25, 0.3) is 5.91 Å². The molecule has 0 heterocycles. The quantitative estimate of drug-likeness (QED) is 0.415. The fraction of sp³-hybridized carbons (Fsp3) is 0.250. The number of amides is 1. The van der Waals surface area contributed by atoms with Crippen LogP contribution in [-0.4, -0.2) is 41.0 Å². The number of ether oxygens (including phenoxy) is 2. The highest BCUT2D eigenvalue weighted by molar-refractivity contribution is 5.97. The summed E-state index contributed by atoms with van der Waals surface area (Å²) in [6, 6.07) is 22.9. The Labute approximate surface area is 204 Å². The van der Waals surface area contributed by atoms with E-state index < -0.39 is 17.6 Å². The van der Waals surface area contributed by atoms with Crippen LogP contribution in [0.3, 0.4) is 0 Å². The Bertz CT molecular complexity index is 1150. The van der Waals surface area contributed by atoms with E-state index in [0.717, 1.165) is 11.1 Å². The number of carboxylic acid groups (broad SMARTS) is 1. The number of hydrogen-bond acceptors (Lipinski definition) is 5. The highest BCUT2D eigenvalue weighted by atomic mass is 16.5. The molecule has 0 bridgehead atoms. The first-order chi connectivity index (χ1) is 16.7. The summed E-state index contributed by atoms with van der Waals surface area (Å²) in [6.45, 7) is 4.57. The van der Waals surface area contributed by atoms with E-state index in [9.17, 15) is 14.4 Å². The summed E-state index contributed by atoms with van der Waals surface area (Å²) in [5.41, 5.74) is 1.18. The van der Waals surface area contributed by atoms with Crippen LogP contribution in [0.25, 0.3) is 11.1 Å². The maximum absolute atomic E-state index is 12.7. The first kappa shape index (κ1) is 25.5. The highest BCUT2D eigenvalue weighted by Crippen LogP contribution is 2.23. The van der Waals surface area contributed by atoms with Crippen molar-refractivity contribution in [3.05, 3.63) is 84.4 Å². The van der Waals surface area contributed by atoms with Crippen molar-refractivity contribution >= 4 is 17.7 Å². The van der Waals surface area contributed by atoms with Crippen molar-refractivity contribution in [2.45, 2.75) is 38.8 Å². The topological polar surface area (TPSA) is 102 Å². The van der Waals surface area contributed by atoms with Crippen LogP contribution in [0, 0.1) is 0 Å². The minimum absolute atomic E-state index is 0.164. The Hall–Kier alpha value is -4.13. The van der Waals surface area contributed by atoms with Crippen molar-refractivity contribution in [2.75, 3.05) is 6.61 Å². The van der Waals surface area contributed by atoms with Crippen LogP contribution >= 0.6 is 0 Å². The number of aliphatic carboxylic acids is 1. The van der Waals surface area contributed by atoms with Gasteiger partial charge in [-0.1, -0.05) is 42.5 Å². The van der Waals surface area contributed by atoms with Gasteiger partial charge in [0.05, 0.1) is 12.6 Å². The summed E-state index contributed by atoms with van der Waals surface area (Å²) in [7, 11) is 0. The molecule has 0 radical (unpaired) electrons. The van der Waals surface area contributed by atoms with Crippen LogP contribution < -0.4 is 14.8 Å². The summed E-state index contributed by atoms with van der Waals surface area (Å²) >= 11 is 0. The number of nitrogens with one attached hydrogen (secondary N) is 1. The van der Waals surface area contributed by atoms with Crippen molar-refractivity contribution < 1.29 is 29.0 Å². The van der Waals surface area contributed by atoms with Gasteiger partial charge in [-0.2, -0.15) is 0 Å². The smallest absolute Gasteiger partial charge is 0.347 e. The lowest BCUT2D eigenvalue weighted by Gasteiger charge is -2.21. The van der Waals surface area contributed by atoms with Crippen LogP contribution in [0.5, 0.6) is 11.5 Å². The SMILES string of the molecule is CC(=O)C(CCOc1ccc(OC(C)(C)C(=O)O)cc1)NC(=O)c1ccc(-c2ccccc2)cc1. The molecule has 7 heteroatoms. The molecular formula is C28H29NO6. The van der Waals surface area contributed by atoms with Crippen LogP contribution in [0.15, 0.2) is 78.9 Å². The summed E-state index contributed by atoms with van der Waals surface area (Å²) < 4.78 is 11.2. The molecule has 0 fully saturated rings. The van der Waals surface area contributed by atoms with Crippen molar-refractivity contribution in [2.24, 2.45) is 0 Å². The van der Waals surface area contributed by atoms with Gasteiger partial charge >= 0.3 is 5.97 Å². The molecule has 182 valence electrons. The standard InChI is InChI=1S/C28H29NO6/c1-19(30)25(17-18-34-23-13-15-24(16-14-23)35-28(2,3)27(32)33)29-26(31)22-11-9-21(10-12-22)20-7-5-4-6-8-20/h4-16,25H,17-18H2,1-3H3,(H,29,31)(H,32,33). The first-order valence-corrected chi connectivity index (χ1v) is 11.3. The lowest BCUT2D eigenvalue weighted by Crippen LogP contribution is -2.40. The largest absolute Gasteiger partial charge is 0.493 e. The van der Waals surface area contributed by atoms with Gasteiger partial charge in [-0.05, 0) is 68.3 Å². The average Bonchev–Trinajstić information content (AvgIpc) is 2.84. The van der Waals surface area contributed by atoms with Gasteiger partial charge in [-0.15, -0.1) is 0 Å². The Morgan fingerprint density at radius 2 is 1.43 bits per heavy atom. The van der Waals surface area contributed by atoms with Crippen molar-refractivity contribution in [1.82, 2.24) is 5.32 Å². The van der Waals surface area contributed by atoms with Crippen LogP contribution in [0.4, 0.5) is 0 Å². The van der Waals surface area contributed by atoms with Gasteiger partial charge in [0.15, 0.2) is 11.4 Å². The normalized spacial score (nSPS) is 11.9. The summed E-state index contributed by atoms with van der Waals surface area (Å²) in [5.74, 6) is -0.621. The van der Waals surface area contributed by atoms with Gasteiger partial charge in [0, 0.05) is 12.0 Å². The Morgan fingerprint density at radius 1 is 0.857 bits per heavy atom. The molecule has 7 nitrogen and oxygen atoms in total. The van der Waals surface area contributed by atoms with E-state index >= 15 is 0 Å². The minimum Gasteiger partial charge on any atom is -0.493 e. The number of carboxylic acids is 1. The third-order valence-electron chi connectivity index (χ3n) is 5.44. The zero-order valence-corrected chi connectivity index (χ0v) is 20.0. The lowest BCUT2D eigenvalue weighted by atomic mass is 10.0. The molecule has 3 rings (SSSR count). The molecule has 0 saturated heterocycles. The molecule has 35 heavy (non-hydrogen) atoms. The second kappa shape index (κ2) is 11.3. The van der Waals surface area contributed by atoms with Gasteiger partial charge in [0.1, 0.15) is 11.5 Å². The molecule has 0 aliphatic carbocycles. The molecule has 1 atom stereocenters. The van der Waals surface area contributed by atoms with E-state index in [-0.39, 0.29) is 18.3 Å². The van der Waals surface area contributed by atoms with E-state index in [4.69, 9.17) is 14.6 Å². The molecule has 0 aromatic heterocycles. The summed E-state index contributed by atoms with van der Waals surface area (Å²) in [4.78, 5) is 36.0. The maximum Gasteiger partial charge on any atom is 0.347 e. The van der Waals surface area contributed by atoms with Crippen molar-refractivity contribution in [3.63, 3.8) is 0 Å². The highest BCUT2D eigenvalue weighted by Gasteiger charge is 2.29. The second-order valence-corrected chi connectivity index (χ2v) is 8.61. The van der Waals surface area contributed by atoms with E-state index in [0.29, 0.717) is 23.5 Å². The van der Waals surface area contributed by atoms with Gasteiger partial charge in [-0.25, -0.2) is 4.79 Å². The predicted molar refractivity (Wildman–Crippen MR) is 133 cm³/mol. The number of rotatable bonds is 11. The van der Waals surface area contributed by atoms with Gasteiger partial charge in [0.2, 0.25) is 0 Å². The van der Waals surface area contributed by atoms with E-state index in [1.165, 1.54) is 20.8 Å². The van der Waals surface area contributed by atoms with E-state index in [1.807, 2.05) is 42.5 Å². The maximum atomic E-state index is 12.7. The molecule has 2 N–H and O–H groups in total. The number of carbonyl (C=O) groups is 3. The molecule has 1 amide bonds. The number of benzene rings is 3. The van der Waals surface area contributed by atoms with Crippen LogP contribution in [0.2, 0.25) is 0 Å². The molecule has 3 aromatic rings. The third kappa shape index (κ3) is 7.17. The zero-order chi connectivity index (χ0) is 25.4. The minimum atomic E-state index is -1.35. The van der Waals surface area contributed by atoms with Crippen LogP contribution in [-0.2, 0) is 9.59 Å². The molecule has 0 spiro atoms. The summed E-state index contributed by atoms with van der Waals surface area (Å²) in [5, 5.41) is 11.9. The van der Waals surface area contributed by atoms with E-state index in [1.54, 1.807) is 36.4 Å². The lowest BCUT2D eigenvalue weighted by molar-refractivity contribution is -0.152. The average molecular weight is 476 g/mol. The molecule has 0 aliphatic heterocycles. The number of hydrogen-bond donors (Lipinski definition) is 2. The second-order valence-electron chi connectivity index (χ2n) is 8.61. The fourth-order valence-corrected chi connectivity index (χ4v) is 3.30. The molecular weight excluding hydrogens is 446 g/mol. The zero-order valence-electron chi connectivity index (χ0n) is 20.0.